The number of ether oxygens (including phenoxy) is 1. The molecule has 0 aromatic carbocycles. The van der Waals surface area contributed by atoms with Gasteiger partial charge in [0.15, 0.2) is 0 Å². The third kappa shape index (κ3) is 3.84. The predicted molar refractivity (Wildman–Crippen MR) is 119 cm³/mol. The average Bonchev–Trinajstić information content (AvgIpc) is 3.39. The zero-order chi connectivity index (χ0) is 21.6. The van der Waals surface area contributed by atoms with Crippen molar-refractivity contribution in [2.75, 3.05) is 32.8 Å². The zero-order valence-corrected chi connectivity index (χ0v) is 19.2. The van der Waals surface area contributed by atoms with Gasteiger partial charge in [-0.25, -0.2) is 0 Å². The number of rotatable bonds is 5. The highest BCUT2D eigenvalue weighted by molar-refractivity contribution is 7.12. The van der Waals surface area contributed by atoms with Crippen LogP contribution in [0.3, 0.4) is 0 Å². The molecule has 8 heteroatoms. The first-order valence-corrected chi connectivity index (χ1v) is 12.3. The number of aryl methyl sites for hydroxylation is 1. The van der Waals surface area contributed by atoms with Crippen LogP contribution >= 0.6 is 11.3 Å². The van der Waals surface area contributed by atoms with Gasteiger partial charge in [0.1, 0.15) is 5.69 Å². The van der Waals surface area contributed by atoms with E-state index < -0.39 is 0 Å². The highest BCUT2D eigenvalue weighted by Crippen LogP contribution is 2.46. The van der Waals surface area contributed by atoms with Crippen molar-refractivity contribution >= 4 is 17.2 Å². The average molecular weight is 445 g/mol. The Balaban J connectivity index is 1.17. The van der Waals surface area contributed by atoms with E-state index in [1.54, 1.807) is 10.9 Å². The summed E-state index contributed by atoms with van der Waals surface area (Å²) < 4.78 is 6.46. The zero-order valence-electron chi connectivity index (χ0n) is 18.4. The molecule has 0 aliphatic carbocycles. The van der Waals surface area contributed by atoms with Crippen LogP contribution in [0.5, 0.6) is 0 Å². The summed E-state index contributed by atoms with van der Waals surface area (Å²) in [6.07, 6.45) is 4.26. The molecule has 31 heavy (non-hydrogen) atoms. The molecule has 0 bridgehead atoms. The van der Waals surface area contributed by atoms with Gasteiger partial charge in [0, 0.05) is 54.3 Å². The Hall–Kier alpha value is -1.74. The van der Waals surface area contributed by atoms with Gasteiger partial charge >= 0.3 is 0 Å². The highest BCUT2D eigenvalue weighted by Gasteiger charge is 2.45. The van der Waals surface area contributed by atoms with Crippen molar-refractivity contribution in [3.8, 4) is 0 Å². The molecule has 7 nitrogen and oxygen atoms in total. The smallest absolute Gasteiger partial charge is 0.274 e. The Morgan fingerprint density at radius 3 is 2.97 bits per heavy atom. The van der Waals surface area contributed by atoms with E-state index in [1.165, 1.54) is 10.4 Å². The molecule has 2 fully saturated rings. The second-order valence-electron chi connectivity index (χ2n) is 9.31. The van der Waals surface area contributed by atoms with Crippen LogP contribution in [-0.2, 0) is 29.8 Å². The first-order chi connectivity index (χ1) is 15.0. The Morgan fingerprint density at radius 1 is 1.42 bits per heavy atom. The number of hydrogen-bond donors (Lipinski definition) is 2. The first kappa shape index (κ1) is 21.1. The topological polar surface area (TPSA) is 81.7 Å². The maximum absolute atomic E-state index is 12.5. The molecule has 3 aliphatic rings. The van der Waals surface area contributed by atoms with E-state index >= 15 is 0 Å². The molecule has 2 aromatic rings. The summed E-state index contributed by atoms with van der Waals surface area (Å²) in [5.74, 6) is 0.456. The van der Waals surface area contributed by atoms with E-state index in [0.717, 1.165) is 58.5 Å². The van der Waals surface area contributed by atoms with Crippen LogP contribution in [-0.4, -0.2) is 69.8 Å². The van der Waals surface area contributed by atoms with Crippen molar-refractivity contribution in [2.45, 2.75) is 57.8 Å². The van der Waals surface area contributed by atoms with Crippen LogP contribution < -0.4 is 0 Å². The number of aliphatic hydroxyl groups is 1. The Labute approximate surface area is 187 Å². The largest absolute Gasteiger partial charge is 0.390 e. The molecular weight excluding hydrogens is 412 g/mol. The molecule has 2 N–H and O–H groups in total. The monoisotopic (exact) mass is 444 g/mol. The molecule has 2 atom stereocenters. The number of likely N-dealkylation sites (tertiary alicyclic amines) is 2. The molecule has 1 spiro atoms. The van der Waals surface area contributed by atoms with E-state index in [4.69, 9.17) is 9.84 Å². The number of nitrogens with zero attached hydrogens (tertiary/aromatic N) is 3. The van der Waals surface area contributed by atoms with Crippen molar-refractivity contribution in [2.24, 2.45) is 5.92 Å². The van der Waals surface area contributed by atoms with Crippen molar-refractivity contribution in [3.05, 3.63) is 38.8 Å². The second kappa shape index (κ2) is 8.31. The third-order valence-electron chi connectivity index (χ3n) is 7.22. The molecule has 2 saturated heterocycles. The summed E-state index contributed by atoms with van der Waals surface area (Å²) >= 11 is 1.98. The molecule has 0 radical (unpaired) electrons. The van der Waals surface area contributed by atoms with Gasteiger partial charge in [-0.1, -0.05) is 6.92 Å². The number of thiophene rings is 1. The van der Waals surface area contributed by atoms with E-state index in [0.29, 0.717) is 23.3 Å². The van der Waals surface area contributed by atoms with Crippen LogP contribution in [0.4, 0.5) is 0 Å². The molecule has 0 unspecified atom stereocenters. The van der Waals surface area contributed by atoms with E-state index in [1.807, 2.05) is 16.2 Å². The van der Waals surface area contributed by atoms with E-state index in [-0.39, 0.29) is 18.1 Å². The molecule has 5 heterocycles. The summed E-state index contributed by atoms with van der Waals surface area (Å²) in [5.41, 5.74) is 2.33. The molecule has 1 amide bonds. The Morgan fingerprint density at radius 2 is 2.26 bits per heavy atom. The summed E-state index contributed by atoms with van der Waals surface area (Å²) in [6.45, 7) is 8.90. The number of fused-ring (bicyclic) bond motifs is 2. The summed E-state index contributed by atoms with van der Waals surface area (Å²) in [6, 6.07) is 4.51. The second-order valence-corrected chi connectivity index (χ2v) is 10.5. The van der Waals surface area contributed by atoms with Crippen LogP contribution in [0.2, 0.25) is 0 Å². The number of nitrogens with one attached hydrogen (secondary N) is 1. The number of carbonyl (C=O) groups excluding carboxylic acids is 1. The number of amides is 1. The molecule has 3 aliphatic heterocycles. The van der Waals surface area contributed by atoms with Crippen LogP contribution in [0, 0.1) is 5.92 Å². The van der Waals surface area contributed by atoms with Gasteiger partial charge in [0.2, 0.25) is 0 Å². The number of carbonyl (C=O) groups is 1. The number of hydrogen-bond acceptors (Lipinski definition) is 6. The standard InChI is InChI=1S/C23H32N4O3S/c1-3-18-9-19-21(31-18)4-7-30-23(19)5-6-26(15(2)10-23)11-16-12-27(13-16)22(29)20-8-17(14-28)24-25-20/h8-9,15-16,28H,3-7,10-14H2,1-2H3,(H,24,25)/t15-,23+/m0/s1. The van der Waals surface area contributed by atoms with Crippen LogP contribution in [0.15, 0.2) is 12.1 Å². The first-order valence-electron chi connectivity index (χ1n) is 11.5. The van der Waals surface area contributed by atoms with Crippen molar-refractivity contribution < 1.29 is 14.6 Å². The SMILES string of the molecule is CCc1cc2c(s1)CCO[C@@]21CCN(CC2CN(C(=O)c3cc(CO)[nH]n3)C2)[C@@H](C)C1. The van der Waals surface area contributed by atoms with Gasteiger partial charge in [-0.15, -0.1) is 11.3 Å². The highest BCUT2D eigenvalue weighted by atomic mass is 32.1. The third-order valence-corrected chi connectivity index (χ3v) is 8.55. The fourth-order valence-corrected chi connectivity index (χ4v) is 6.62. The normalized spacial score (nSPS) is 26.8. The quantitative estimate of drug-likeness (QED) is 0.741. The van der Waals surface area contributed by atoms with Gasteiger partial charge < -0.3 is 19.6 Å². The summed E-state index contributed by atoms with van der Waals surface area (Å²) in [5, 5.41) is 15.9. The minimum Gasteiger partial charge on any atom is -0.390 e. The van der Waals surface area contributed by atoms with Gasteiger partial charge in [-0.05, 0) is 43.9 Å². The minimum atomic E-state index is -0.131. The van der Waals surface area contributed by atoms with Crippen LogP contribution in [0.1, 0.15) is 58.2 Å². The van der Waals surface area contributed by atoms with Gasteiger partial charge in [-0.3, -0.25) is 9.89 Å². The Kier molecular flexibility index (Phi) is 5.66. The fraction of sp³-hybridized carbons (Fsp3) is 0.652. The molecular formula is C23H32N4O3S. The van der Waals surface area contributed by atoms with Gasteiger partial charge in [-0.2, -0.15) is 5.10 Å². The van der Waals surface area contributed by atoms with E-state index in [2.05, 4.69) is 35.0 Å². The van der Waals surface area contributed by atoms with Crippen molar-refractivity contribution in [3.63, 3.8) is 0 Å². The molecule has 0 saturated carbocycles. The number of piperidine rings is 1. The Bertz CT molecular complexity index is 951. The number of H-pyrrole nitrogens is 1. The lowest BCUT2D eigenvalue weighted by Crippen LogP contribution is -2.57. The summed E-state index contributed by atoms with van der Waals surface area (Å²) in [4.78, 5) is 20.0. The minimum absolute atomic E-state index is 0.0508. The molecule has 5 rings (SSSR count). The fourth-order valence-electron chi connectivity index (χ4n) is 5.44. The lowest BCUT2D eigenvalue weighted by atomic mass is 9.79. The van der Waals surface area contributed by atoms with Crippen LogP contribution in [0.25, 0.3) is 0 Å². The molecule has 2 aromatic heterocycles. The van der Waals surface area contributed by atoms with E-state index in [9.17, 15) is 4.79 Å². The van der Waals surface area contributed by atoms with Crippen molar-refractivity contribution in [1.82, 2.24) is 20.0 Å². The van der Waals surface area contributed by atoms with Gasteiger partial charge in [0.25, 0.3) is 5.91 Å². The lowest BCUT2D eigenvalue weighted by Gasteiger charge is -2.49. The summed E-state index contributed by atoms with van der Waals surface area (Å²) in [7, 11) is 0. The number of aromatic amines is 1. The van der Waals surface area contributed by atoms with Crippen molar-refractivity contribution in [1.29, 1.82) is 0 Å². The molecule has 168 valence electrons. The maximum atomic E-state index is 12.5. The number of aliphatic hydroxyl groups excluding tert-OH is 1. The van der Waals surface area contributed by atoms with Gasteiger partial charge in [0.05, 0.1) is 24.5 Å². The predicted octanol–water partition coefficient (Wildman–Crippen LogP) is 2.55. The maximum Gasteiger partial charge on any atom is 0.274 e. The lowest BCUT2D eigenvalue weighted by molar-refractivity contribution is -0.114. The number of aromatic nitrogens is 2.